The highest BCUT2D eigenvalue weighted by atomic mass is 32.2. The van der Waals surface area contributed by atoms with Gasteiger partial charge < -0.3 is 15.0 Å². The average Bonchev–Trinajstić information content (AvgIpc) is 2.86. The first kappa shape index (κ1) is 16.8. The van der Waals surface area contributed by atoms with Gasteiger partial charge in [-0.3, -0.25) is 9.59 Å². The molecule has 0 radical (unpaired) electrons. The lowest BCUT2D eigenvalue weighted by Crippen LogP contribution is -2.34. The number of hydrogen-bond donors (Lipinski definition) is 1. The summed E-state index contributed by atoms with van der Waals surface area (Å²) in [6, 6.07) is 6.23. The van der Waals surface area contributed by atoms with Crippen LogP contribution in [0.4, 0.5) is 4.39 Å². The summed E-state index contributed by atoms with van der Waals surface area (Å²) in [6.45, 7) is 1.23. The molecule has 0 spiro atoms. The van der Waals surface area contributed by atoms with Crippen LogP contribution in [-0.2, 0) is 14.3 Å². The molecule has 2 rings (SSSR count). The van der Waals surface area contributed by atoms with Gasteiger partial charge in [-0.05, 0) is 17.7 Å². The number of methoxy groups -OCH3 is 1. The van der Waals surface area contributed by atoms with E-state index in [4.69, 9.17) is 4.74 Å². The molecule has 1 aliphatic rings. The van der Waals surface area contributed by atoms with Crippen LogP contribution in [0.1, 0.15) is 17.4 Å². The number of amides is 2. The summed E-state index contributed by atoms with van der Waals surface area (Å²) in [5.74, 6) is -0.120. The lowest BCUT2D eigenvalue weighted by molar-refractivity contribution is -0.129. The molecule has 0 bridgehead atoms. The highest BCUT2D eigenvalue weighted by molar-refractivity contribution is 8.00. The van der Waals surface area contributed by atoms with E-state index in [0.29, 0.717) is 25.4 Å². The maximum Gasteiger partial charge on any atom is 0.233 e. The fraction of sp³-hybridized carbons (Fsp3) is 0.467. The van der Waals surface area contributed by atoms with Gasteiger partial charge in [0.25, 0.3) is 0 Å². The molecule has 0 unspecified atom stereocenters. The van der Waals surface area contributed by atoms with Crippen LogP contribution in [-0.4, -0.2) is 49.3 Å². The van der Waals surface area contributed by atoms with E-state index in [1.807, 2.05) is 0 Å². The maximum atomic E-state index is 13.3. The summed E-state index contributed by atoms with van der Waals surface area (Å²) in [7, 11) is 1.57. The standard InChI is InChI=1S/C15H19FN2O3S/c1-21-8-6-17-13(19)5-7-18-14(20)10-22-15(18)11-3-2-4-12(16)9-11/h2-4,9,15H,5-8,10H2,1H3,(H,17,19)/t15-/m1/s1. The zero-order valence-electron chi connectivity index (χ0n) is 12.4. The molecule has 120 valence electrons. The molecule has 1 atom stereocenters. The molecule has 2 amide bonds. The van der Waals surface area contributed by atoms with Crippen LogP contribution >= 0.6 is 11.8 Å². The SMILES string of the molecule is COCCNC(=O)CCN1C(=O)CS[C@@H]1c1cccc(F)c1. The zero-order valence-corrected chi connectivity index (χ0v) is 13.2. The lowest BCUT2D eigenvalue weighted by atomic mass is 10.2. The Bertz CT molecular complexity index is 541. The molecule has 0 saturated carbocycles. The summed E-state index contributed by atoms with van der Waals surface area (Å²) in [5.41, 5.74) is 0.746. The molecular formula is C15H19FN2O3S. The Morgan fingerprint density at radius 2 is 2.36 bits per heavy atom. The van der Waals surface area contributed by atoms with Gasteiger partial charge in [0, 0.05) is 26.6 Å². The number of hydrogen-bond acceptors (Lipinski definition) is 4. The smallest absolute Gasteiger partial charge is 0.233 e. The number of halogens is 1. The minimum atomic E-state index is -0.324. The largest absolute Gasteiger partial charge is 0.383 e. The predicted molar refractivity (Wildman–Crippen MR) is 82.8 cm³/mol. The first-order chi connectivity index (χ1) is 10.6. The second kappa shape index (κ2) is 8.14. The van der Waals surface area contributed by atoms with Crippen LogP contribution < -0.4 is 5.32 Å². The molecule has 1 aromatic carbocycles. The molecule has 1 N–H and O–H groups in total. The first-order valence-corrected chi connectivity index (χ1v) is 8.09. The van der Waals surface area contributed by atoms with E-state index in [0.717, 1.165) is 5.56 Å². The van der Waals surface area contributed by atoms with Crippen LogP contribution in [0.25, 0.3) is 0 Å². The third-order valence-electron chi connectivity index (χ3n) is 3.31. The van der Waals surface area contributed by atoms with Crippen molar-refractivity contribution in [3.63, 3.8) is 0 Å². The number of rotatable bonds is 7. The van der Waals surface area contributed by atoms with Crippen molar-refractivity contribution in [2.45, 2.75) is 11.8 Å². The first-order valence-electron chi connectivity index (χ1n) is 7.04. The van der Waals surface area contributed by atoms with Crippen LogP contribution in [0.5, 0.6) is 0 Å². The number of thioether (sulfide) groups is 1. The summed E-state index contributed by atoms with van der Waals surface area (Å²) >= 11 is 1.45. The van der Waals surface area contributed by atoms with Gasteiger partial charge in [-0.25, -0.2) is 4.39 Å². The van der Waals surface area contributed by atoms with E-state index < -0.39 is 0 Å². The van der Waals surface area contributed by atoms with Crippen LogP contribution in [0.15, 0.2) is 24.3 Å². The number of nitrogens with zero attached hydrogens (tertiary/aromatic N) is 1. The van der Waals surface area contributed by atoms with Crippen molar-refractivity contribution in [1.82, 2.24) is 10.2 Å². The normalized spacial score (nSPS) is 17.8. The van der Waals surface area contributed by atoms with Gasteiger partial charge in [0.2, 0.25) is 11.8 Å². The quantitative estimate of drug-likeness (QED) is 0.773. The van der Waals surface area contributed by atoms with Crippen molar-refractivity contribution in [1.29, 1.82) is 0 Å². The van der Waals surface area contributed by atoms with Crippen molar-refractivity contribution >= 4 is 23.6 Å². The van der Waals surface area contributed by atoms with Crippen LogP contribution in [0.2, 0.25) is 0 Å². The number of nitrogens with one attached hydrogen (secondary N) is 1. The summed E-state index contributed by atoms with van der Waals surface area (Å²) in [6.07, 6.45) is 0.224. The van der Waals surface area contributed by atoms with Crippen molar-refractivity contribution in [2.75, 3.05) is 32.6 Å². The molecule has 7 heteroatoms. The van der Waals surface area contributed by atoms with Crippen molar-refractivity contribution in [2.24, 2.45) is 0 Å². The fourth-order valence-corrected chi connectivity index (χ4v) is 3.44. The van der Waals surface area contributed by atoms with E-state index >= 15 is 0 Å². The highest BCUT2D eigenvalue weighted by Gasteiger charge is 2.32. The third kappa shape index (κ3) is 4.45. The Morgan fingerprint density at radius 3 is 3.09 bits per heavy atom. The van der Waals surface area contributed by atoms with Gasteiger partial charge >= 0.3 is 0 Å². The highest BCUT2D eigenvalue weighted by Crippen LogP contribution is 2.38. The number of carbonyl (C=O) groups excluding carboxylic acids is 2. The molecule has 1 aliphatic heterocycles. The molecule has 0 aliphatic carbocycles. The van der Waals surface area contributed by atoms with E-state index in [-0.39, 0.29) is 29.4 Å². The Balaban J connectivity index is 1.93. The average molecular weight is 326 g/mol. The van der Waals surface area contributed by atoms with Crippen molar-refractivity contribution in [3.05, 3.63) is 35.6 Å². The topological polar surface area (TPSA) is 58.6 Å². The Hall–Kier alpha value is -1.60. The predicted octanol–water partition coefficient (Wildman–Crippen LogP) is 1.55. The summed E-state index contributed by atoms with van der Waals surface area (Å²) in [5, 5.41) is 2.49. The Kier molecular flexibility index (Phi) is 6.21. The van der Waals surface area contributed by atoms with Crippen LogP contribution in [0.3, 0.4) is 0 Å². The zero-order chi connectivity index (χ0) is 15.9. The maximum absolute atomic E-state index is 13.3. The fourth-order valence-electron chi connectivity index (χ4n) is 2.24. The molecule has 1 saturated heterocycles. The minimum Gasteiger partial charge on any atom is -0.383 e. The lowest BCUT2D eigenvalue weighted by Gasteiger charge is -2.24. The van der Waals surface area contributed by atoms with E-state index in [2.05, 4.69) is 5.32 Å². The molecule has 1 heterocycles. The van der Waals surface area contributed by atoms with Crippen molar-refractivity contribution < 1.29 is 18.7 Å². The summed E-state index contributed by atoms with van der Waals surface area (Å²) < 4.78 is 18.2. The monoisotopic (exact) mass is 326 g/mol. The van der Waals surface area contributed by atoms with Gasteiger partial charge in [0.15, 0.2) is 0 Å². The number of benzene rings is 1. The van der Waals surface area contributed by atoms with Crippen molar-refractivity contribution in [3.8, 4) is 0 Å². The van der Waals surface area contributed by atoms with Gasteiger partial charge in [-0.2, -0.15) is 0 Å². The molecule has 1 fully saturated rings. The summed E-state index contributed by atoms with van der Waals surface area (Å²) in [4.78, 5) is 25.3. The van der Waals surface area contributed by atoms with E-state index in [1.54, 1.807) is 24.1 Å². The minimum absolute atomic E-state index is 0.0241. The van der Waals surface area contributed by atoms with Crippen LogP contribution in [0, 0.1) is 5.82 Å². The molecule has 1 aromatic rings. The number of carbonyl (C=O) groups is 2. The third-order valence-corrected chi connectivity index (χ3v) is 4.57. The van der Waals surface area contributed by atoms with Gasteiger partial charge in [0.1, 0.15) is 11.2 Å². The number of ether oxygens (including phenoxy) is 1. The second-order valence-corrected chi connectivity index (χ2v) is 5.97. The molecule has 22 heavy (non-hydrogen) atoms. The van der Waals surface area contributed by atoms with Gasteiger partial charge in [0.05, 0.1) is 12.4 Å². The second-order valence-electron chi connectivity index (χ2n) is 4.90. The molecular weight excluding hydrogens is 307 g/mol. The Morgan fingerprint density at radius 1 is 1.55 bits per heavy atom. The molecule has 0 aromatic heterocycles. The van der Waals surface area contributed by atoms with Gasteiger partial charge in [-0.15, -0.1) is 11.8 Å². The molecule has 5 nitrogen and oxygen atoms in total. The van der Waals surface area contributed by atoms with E-state index in [1.165, 1.54) is 23.9 Å². The Labute approximate surface area is 133 Å². The van der Waals surface area contributed by atoms with E-state index in [9.17, 15) is 14.0 Å². The van der Waals surface area contributed by atoms with Gasteiger partial charge in [-0.1, -0.05) is 12.1 Å².